The molecule has 0 bridgehead atoms. The molecule has 170 valence electrons. The van der Waals surface area contributed by atoms with Crippen molar-refractivity contribution in [3.8, 4) is 17.2 Å². The number of ether oxygens (including phenoxy) is 3. The van der Waals surface area contributed by atoms with Crippen molar-refractivity contribution in [2.75, 3.05) is 27.9 Å². The van der Waals surface area contributed by atoms with Gasteiger partial charge < -0.3 is 18.6 Å². The Balaban J connectivity index is 3.44. The Morgan fingerprint density at radius 2 is 1.67 bits per heavy atom. The fourth-order valence-electron chi connectivity index (χ4n) is 3.33. The molecule has 0 saturated heterocycles. The van der Waals surface area contributed by atoms with Crippen LogP contribution in [0, 0.1) is 12.8 Å². The summed E-state index contributed by atoms with van der Waals surface area (Å²) in [6.07, 6.45) is 5.14. The summed E-state index contributed by atoms with van der Waals surface area (Å²) in [5.41, 5.74) is 1.94. The predicted molar refractivity (Wildman–Crippen MR) is 126 cm³/mol. The highest BCUT2D eigenvalue weighted by Crippen LogP contribution is 2.45. The Morgan fingerprint density at radius 3 is 2.13 bits per heavy atom. The van der Waals surface area contributed by atoms with Crippen LogP contribution in [0.25, 0.3) is 0 Å². The molecule has 0 saturated carbocycles. The maximum absolute atomic E-state index is 10.8. The highest BCUT2D eigenvalue weighted by atomic mass is 28.4. The van der Waals surface area contributed by atoms with E-state index in [9.17, 15) is 4.79 Å². The molecular formula is C24H40O5Si. The highest BCUT2D eigenvalue weighted by molar-refractivity contribution is 6.74. The number of allylic oxidation sites excluding steroid dienone is 2. The standard InChI is InChI=1S/C24H40O5Si/c1-17(12-11-13-25)14-19(16-29-30(9,10)24(3,4)5)20-15-21(26-6)23(28-8)18(2)22(20)27-7/h11-13,15,17,19H,14,16H2,1-10H3/b12-11+/t17-,19+/m1/s1. The lowest BCUT2D eigenvalue weighted by molar-refractivity contribution is -0.104. The van der Waals surface area contributed by atoms with Gasteiger partial charge in [-0.15, -0.1) is 0 Å². The predicted octanol–water partition coefficient (Wildman–Crippen LogP) is 5.91. The number of hydrogen-bond acceptors (Lipinski definition) is 5. The van der Waals surface area contributed by atoms with Gasteiger partial charge in [0.1, 0.15) is 12.0 Å². The lowest BCUT2D eigenvalue weighted by Gasteiger charge is -2.38. The second-order valence-corrected chi connectivity index (χ2v) is 14.2. The van der Waals surface area contributed by atoms with Crippen LogP contribution in [0.4, 0.5) is 0 Å². The lowest BCUT2D eigenvalue weighted by Crippen LogP contribution is -2.41. The van der Waals surface area contributed by atoms with E-state index < -0.39 is 8.32 Å². The zero-order valence-corrected chi connectivity index (χ0v) is 21.4. The van der Waals surface area contributed by atoms with Gasteiger partial charge in [-0.1, -0.05) is 33.8 Å². The summed E-state index contributed by atoms with van der Waals surface area (Å²) in [5, 5.41) is 0.123. The van der Waals surface area contributed by atoms with E-state index in [4.69, 9.17) is 18.6 Å². The summed E-state index contributed by atoms with van der Waals surface area (Å²) in [4.78, 5) is 10.8. The van der Waals surface area contributed by atoms with Gasteiger partial charge >= 0.3 is 0 Å². The number of methoxy groups -OCH3 is 3. The molecule has 0 aliphatic rings. The van der Waals surface area contributed by atoms with E-state index in [1.807, 2.05) is 19.1 Å². The molecule has 1 rings (SSSR count). The molecule has 5 nitrogen and oxygen atoms in total. The van der Waals surface area contributed by atoms with Crippen molar-refractivity contribution < 1.29 is 23.4 Å². The maximum Gasteiger partial charge on any atom is 0.192 e. The molecule has 0 aromatic heterocycles. The van der Waals surface area contributed by atoms with Crippen molar-refractivity contribution in [2.45, 2.75) is 65.1 Å². The summed E-state index contributed by atoms with van der Waals surface area (Å²) >= 11 is 0. The monoisotopic (exact) mass is 436 g/mol. The van der Waals surface area contributed by atoms with Crippen molar-refractivity contribution in [1.29, 1.82) is 0 Å². The van der Waals surface area contributed by atoms with E-state index in [2.05, 4.69) is 40.8 Å². The normalized spacial score (nSPS) is 14.5. The Kier molecular flexibility index (Phi) is 9.63. The zero-order chi connectivity index (χ0) is 23.1. The van der Waals surface area contributed by atoms with E-state index in [1.165, 1.54) is 0 Å². The average Bonchev–Trinajstić information content (AvgIpc) is 2.67. The average molecular weight is 437 g/mol. The van der Waals surface area contributed by atoms with E-state index in [1.54, 1.807) is 27.4 Å². The van der Waals surface area contributed by atoms with Gasteiger partial charge in [0.2, 0.25) is 0 Å². The summed E-state index contributed by atoms with van der Waals surface area (Å²) in [7, 11) is 3.03. The molecule has 0 radical (unpaired) electrons. The number of rotatable bonds is 11. The van der Waals surface area contributed by atoms with Crippen LogP contribution in [-0.2, 0) is 9.22 Å². The summed E-state index contributed by atoms with van der Waals surface area (Å²) in [5.74, 6) is 2.44. The Morgan fingerprint density at radius 1 is 1.07 bits per heavy atom. The Labute approximate surface area is 183 Å². The smallest absolute Gasteiger partial charge is 0.192 e. The SMILES string of the molecule is COc1cc([C@H](CO[Si](C)(C)C(C)(C)C)C[C@H](C)/C=C/C=O)c(OC)c(C)c1OC. The van der Waals surface area contributed by atoms with Crippen LogP contribution in [0.15, 0.2) is 18.2 Å². The van der Waals surface area contributed by atoms with Gasteiger partial charge in [0.15, 0.2) is 19.8 Å². The summed E-state index contributed by atoms with van der Waals surface area (Å²) < 4.78 is 23.6. The molecule has 30 heavy (non-hydrogen) atoms. The minimum atomic E-state index is -1.93. The molecule has 0 aliphatic heterocycles. The minimum absolute atomic E-state index is 0.0823. The quantitative estimate of drug-likeness (QED) is 0.245. The van der Waals surface area contributed by atoms with E-state index in [0.29, 0.717) is 18.1 Å². The topological polar surface area (TPSA) is 54.0 Å². The number of aldehydes is 1. The van der Waals surface area contributed by atoms with Crippen molar-refractivity contribution >= 4 is 14.6 Å². The van der Waals surface area contributed by atoms with Crippen LogP contribution in [0.5, 0.6) is 17.2 Å². The van der Waals surface area contributed by atoms with Gasteiger partial charge in [0, 0.05) is 23.7 Å². The van der Waals surface area contributed by atoms with E-state index in [0.717, 1.165) is 29.6 Å². The molecule has 0 spiro atoms. The number of benzene rings is 1. The van der Waals surface area contributed by atoms with Gasteiger partial charge in [-0.2, -0.15) is 0 Å². The van der Waals surface area contributed by atoms with Crippen molar-refractivity contribution in [3.63, 3.8) is 0 Å². The zero-order valence-electron chi connectivity index (χ0n) is 20.4. The highest BCUT2D eigenvalue weighted by Gasteiger charge is 2.38. The third kappa shape index (κ3) is 6.35. The first-order valence-corrected chi connectivity index (χ1v) is 13.4. The maximum atomic E-state index is 10.8. The first kappa shape index (κ1) is 26.2. The number of carbonyl (C=O) groups is 1. The van der Waals surface area contributed by atoms with E-state index >= 15 is 0 Å². The Bertz CT molecular complexity index is 734. The third-order valence-corrected chi connectivity index (χ3v) is 10.6. The van der Waals surface area contributed by atoms with Crippen molar-refractivity contribution in [3.05, 3.63) is 29.3 Å². The van der Waals surface area contributed by atoms with Crippen LogP contribution in [0.2, 0.25) is 18.1 Å². The first-order valence-electron chi connectivity index (χ1n) is 10.5. The molecule has 0 fully saturated rings. The van der Waals surface area contributed by atoms with E-state index in [-0.39, 0.29) is 16.9 Å². The number of hydrogen-bond donors (Lipinski definition) is 0. The molecule has 6 heteroatoms. The largest absolute Gasteiger partial charge is 0.496 e. The van der Waals surface area contributed by atoms with Crippen LogP contribution < -0.4 is 14.2 Å². The molecule has 2 atom stereocenters. The Hall–Kier alpha value is -1.79. The fraction of sp³-hybridized carbons (Fsp3) is 0.625. The van der Waals surface area contributed by atoms with Crippen LogP contribution >= 0.6 is 0 Å². The summed E-state index contributed by atoms with van der Waals surface area (Å²) in [6, 6.07) is 2.00. The molecule has 1 aromatic rings. The van der Waals surface area contributed by atoms with Gasteiger partial charge in [0.05, 0.1) is 21.3 Å². The van der Waals surface area contributed by atoms with Crippen molar-refractivity contribution in [1.82, 2.24) is 0 Å². The second-order valence-electron chi connectivity index (χ2n) is 9.36. The molecular weight excluding hydrogens is 396 g/mol. The molecule has 0 amide bonds. The first-order chi connectivity index (χ1) is 13.9. The van der Waals surface area contributed by atoms with Crippen LogP contribution in [-0.4, -0.2) is 42.5 Å². The van der Waals surface area contributed by atoms with Gasteiger partial charge in [0.25, 0.3) is 0 Å². The lowest BCUT2D eigenvalue weighted by atomic mass is 9.88. The molecule has 1 aromatic carbocycles. The third-order valence-electron chi connectivity index (χ3n) is 6.15. The van der Waals surface area contributed by atoms with Gasteiger partial charge in [-0.25, -0.2) is 0 Å². The van der Waals surface area contributed by atoms with Gasteiger partial charge in [-0.3, -0.25) is 4.79 Å². The van der Waals surface area contributed by atoms with Crippen LogP contribution in [0.3, 0.4) is 0 Å². The molecule has 0 N–H and O–H groups in total. The fourth-order valence-corrected chi connectivity index (χ4v) is 4.38. The summed E-state index contributed by atoms with van der Waals surface area (Å²) in [6.45, 7) is 15.9. The second kappa shape index (κ2) is 11.0. The van der Waals surface area contributed by atoms with Crippen molar-refractivity contribution in [2.24, 2.45) is 5.92 Å². The molecule has 0 unspecified atom stereocenters. The van der Waals surface area contributed by atoms with Crippen LogP contribution in [0.1, 0.15) is 51.2 Å². The number of carbonyl (C=O) groups excluding carboxylic acids is 1. The van der Waals surface area contributed by atoms with Gasteiger partial charge in [-0.05, 0) is 49.5 Å². The molecule has 0 heterocycles. The molecule has 0 aliphatic carbocycles. The minimum Gasteiger partial charge on any atom is -0.496 e.